The van der Waals surface area contributed by atoms with Gasteiger partial charge in [-0.2, -0.15) is 0 Å². The molecule has 1 aromatic carbocycles. The molecule has 13 nitrogen and oxygen atoms in total. The van der Waals surface area contributed by atoms with Crippen molar-refractivity contribution in [2.24, 2.45) is 0 Å². The van der Waals surface area contributed by atoms with E-state index in [1.165, 1.54) is 9.80 Å². The number of carboxylic acid groups (broad SMARTS) is 1. The number of nitrogens with zero attached hydrogens (tertiary/aromatic N) is 5. The monoisotopic (exact) mass is 778 g/mol. The molecule has 52 heavy (non-hydrogen) atoms. The Bertz CT molecular complexity index is 1730. The van der Waals surface area contributed by atoms with E-state index in [1.54, 1.807) is 32.2 Å². The minimum atomic E-state index is -2.27. The summed E-state index contributed by atoms with van der Waals surface area (Å²) in [6.45, 7) is 21.0. The molecule has 2 aromatic heterocycles. The fraction of sp³-hybridized carbons (Fsp3) is 0.583. The minimum Gasteiger partial charge on any atom is -0.491 e. The van der Waals surface area contributed by atoms with Crippen LogP contribution < -0.4 is 10.1 Å². The van der Waals surface area contributed by atoms with E-state index in [2.05, 4.69) is 44.3 Å². The lowest BCUT2D eigenvalue weighted by molar-refractivity contribution is 0.0172. The molecule has 0 bridgehead atoms. The molecule has 1 saturated heterocycles. The number of anilines is 1. The quantitative estimate of drug-likeness (QED) is 0.180. The fourth-order valence-electron chi connectivity index (χ4n) is 5.45. The van der Waals surface area contributed by atoms with Crippen molar-refractivity contribution in [1.82, 2.24) is 24.9 Å². The Morgan fingerprint density at radius 1 is 1.12 bits per heavy atom. The van der Waals surface area contributed by atoms with Crippen LogP contribution in [-0.2, 0) is 9.16 Å². The second-order valence-electron chi connectivity index (χ2n) is 15.8. The van der Waals surface area contributed by atoms with Crippen molar-refractivity contribution in [3.05, 3.63) is 39.7 Å². The summed E-state index contributed by atoms with van der Waals surface area (Å²) >= 11 is 13.8. The van der Waals surface area contributed by atoms with Crippen molar-refractivity contribution >= 4 is 49.5 Å². The summed E-state index contributed by atoms with van der Waals surface area (Å²) in [7, 11) is -0.587. The first kappa shape index (κ1) is 41.2. The van der Waals surface area contributed by atoms with Gasteiger partial charge in [0.25, 0.3) is 0 Å². The molecule has 0 aliphatic carbocycles. The molecule has 3 heterocycles. The largest absolute Gasteiger partial charge is 0.491 e. The predicted molar refractivity (Wildman–Crippen MR) is 205 cm³/mol. The second-order valence-corrected chi connectivity index (χ2v) is 21.3. The number of piperidine rings is 1. The maximum atomic E-state index is 12.9. The van der Waals surface area contributed by atoms with E-state index in [-0.39, 0.29) is 29.3 Å². The molecule has 1 atom stereocenters. The number of carbonyl (C=O) groups is 2. The van der Waals surface area contributed by atoms with Gasteiger partial charge in [-0.15, -0.1) is 0 Å². The average Bonchev–Trinajstić information content (AvgIpc) is 3.37. The number of carbonyl (C=O) groups excluding carboxylic acids is 1. The van der Waals surface area contributed by atoms with Gasteiger partial charge in [-0.3, -0.25) is 0 Å². The zero-order valence-corrected chi connectivity index (χ0v) is 34.5. The number of likely N-dealkylation sites (tertiary alicyclic amines) is 1. The van der Waals surface area contributed by atoms with Gasteiger partial charge in [-0.1, -0.05) is 49.1 Å². The fourth-order valence-corrected chi connectivity index (χ4v) is 7.22. The lowest BCUT2D eigenvalue weighted by atomic mass is 10.0. The molecule has 2 N–H and O–H groups in total. The molecule has 0 unspecified atom stereocenters. The van der Waals surface area contributed by atoms with Gasteiger partial charge in [0, 0.05) is 31.7 Å². The number of benzene rings is 1. The maximum Gasteiger partial charge on any atom is 0.410 e. The van der Waals surface area contributed by atoms with Crippen LogP contribution in [0, 0.1) is 13.8 Å². The van der Waals surface area contributed by atoms with Gasteiger partial charge in [-0.25, -0.2) is 19.6 Å². The van der Waals surface area contributed by atoms with Crippen LogP contribution in [-0.4, -0.2) is 102 Å². The Labute approximate surface area is 317 Å². The van der Waals surface area contributed by atoms with Crippen LogP contribution in [0.15, 0.2) is 22.7 Å². The maximum absolute atomic E-state index is 12.9. The Kier molecular flexibility index (Phi) is 12.8. The SMILES string of the molecule is Cc1noc(C)c1-c1nc(-c2cc(OC[C@@H](CN(C)C(=O)OC(C)(C)C)O[Si](C)(C)C(C)(C)C)ccc2Cl)nc(NC2CCN(C(=O)O)CC2)c1Cl. The molecular weight excluding hydrogens is 727 g/mol. The first-order valence-electron chi connectivity index (χ1n) is 17.4. The number of hydrogen-bond acceptors (Lipinski definition) is 10. The van der Waals surface area contributed by atoms with Crippen molar-refractivity contribution in [3.8, 4) is 28.4 Å². The van der Waals surface area contributed by atoms with Gasteiger partial charge in [-0.05, 0) is 83.8 Å². The molecule has 4 rings (SSSR count). The van der Waals surface area contributed by atoms with Gasteiger partial charge in [0.15, 0.2) is 14.1 Å². The van der Waals surface area contributed by atoms with Gasteiger partial charge in [0.1, 0.15) is 40.3 Å². The standard InChI is InChI=1S/C36H52Cl2N6O7Si/c1-21-28(22(2)50-42-21)30-29(38)32(39-23-14-16-44(17-15-23)33(45)46)41-31(40-30)26-18-24(12-13-27(26)37)48-20-25(51-52(10,11)36(6,7)8)19-43(9)34(47)49-35(3,4)5/h12-13,18,23,25H,14-17,19-20H2,1-11H3,(H,45,46)(H,39,40,41)/t25-/m1/s1. The molecular formula is C36H52Cl2N6O7Si. The van der Waals surface area contributed by atoms with Crippen LogP contribution >= 0.6 is 23.2 Å². The molecule has 1 fully saturated rings. The topological polar surface area (TPSA) is 152 Å². The molecule has 16 heteroatoms. The van der Waals surface area contributed by atoms with Crippen molar-refractivity contribution in [2.45, 2.75) is 104 Å². The van der Waals surface area contributed by atoms with E-state index in [9.17, 15) is 14.7 Å². The molecule has 286 valence electrons. The van der Waals surface area contributed by atoms with Crippen molar-refractivity contribution in [3.63, 3.8) is 0 Å². The smallest absolute Gasteiger partial charge is 0.410 e. The number of aryl methyl sites for hydroxylation is 2. The third-order valence-corrected chi connectivity index (χ3v) is 14.5. The highest BCUT2D eigenvalue weighted by molar-refractivity contribution is 6.74. The molecule has 1 aliphatic heterocycles. The van der Waals surface area contributed by atoms with Gasteiger partial charge in [0.2, 0.25) is 0 Å². The summed E-state index contributed by atoms with van der Waals surface area (Å²) in [4.78, 5) is 37.0. The number of nitrogens with one attached hydrogen (secondary N) is 1. The van der Waals surface area contributed by atoms with Crippen molar-refractivity contribution in [2.75, 3.05) is 38.6 Å². The normalized spacial score (nSPS) is 15.0. The minimum absolute atomic E-state index is 0.0739. The number of likely N-dealkylation sites (N-methyl/N-ethyl adjacent to an activating group) is 1. The van der Waals surface area contributed by atoms with E-state index in [0.29, 0.717) is 76.6 Å². The first-order valence-corrected chi connectivity index (χ1v) is 21.0. The number of rotatable bonds is 11. The van der Waals surface area contributed by atoms with Crippen LogP contribution in [0.25, 0.3) is 22.6 Å². The lowest BCUT2D eigenvalue weighted by Gasteiger charge is -2.40. The van der Waals surface area contributed by atoms with E-state index in [1.807, 2.05) is 27.7 Å². The average molecular weight is 780 g/mol. The van der Waals surface area contributed by atoms with E-state index in [0.717, 1.165) is 0 Å². The Hall–Kier alpha value is -3.59. The molecule has 0 spiro atoms. The zero-order chi connectivity index (χ0) is 38.8. The summed E-state index contributed by atoms with van der Waals surface area (Å²) in [6.07, 6.45) is -0.692. The summed E-state index contributed by atoms with van der Waals surface area (Å²) in [5, 5.41) is 17.5. The second kappa shape index (κ2) is 16.2. The molecule has 1 aliphatic rings. The van der Waals surface area contributed by atoms with Crippen LogP contribution in [0.1, 0.15) is 65.8 Å². The van der Waals surface area contributed by atoms with Crippen molar-refractivity contribution < 1.29 is 33.1 Å². The first-order chi connectivity index (χ1) is 24.1. The number of aromatic nitrogens is 3. The molecule has 2 amide bonds. The van der Waals surface area contributed by atoms with Gasteiger partial charge >= 0.3 is 12.2 Å². The van der Waals surface area contributed by atoms with Crippen LogP contribution in [0.5, 0.6) is 5.75 Å². The predicted octanol–water partition coefficient (Wildman–Crippen LogP) is 8.91. The number of amides is 2. The molecule has 0 radical (unpaired) electrons. The Balaban J connectivity index is 1.67. The summed E-state index contributed by atoms with van der Waals surface area (Å²) in [5.74, 6) is 1.71. The van der Waals surface area contributed by atoms with E-state index < -0.39 is 32.2 Å². The Morgan fingerprint density at radius 3 is 2.33 bits per heavy atom. The van der Waals surface area contributed by atoms with Crippen molar-refractivity contribution in [1.29, 1.82) is 0 Å². The number of halogens is 2. The third kappa shape index (κ3) is 10.3. The highest BCUT2D eigenvalue weighted by Gasteiger charge is 2.40. The van der Waals surface area contributed by atoms with Crippen LogP contribution in [0.2, 0.25) is 28.2 Å². The van der Waals surface area contributed by atoms with E-state index in [4.69, 9.17) is 51.6 Å². The summed E-state index contributed by atoms with van der Waals surface area (Å²) < 4.78 is 24.2. The number of ether oxygens (including phenoxy) is 2. The van der Waals surface area contributed by atoms with E-state index >= 15 is 0 Å². The highest BCUT2D eigenvalue weighted by atomic mass is 35.5. The van der Waals surface area contributed by atoms with Crippen LogP contribution in [0.3, 0.4) is 0 Å². The van der Waals surface area contributed by atoms with Gasteiger partial charge in [0.05, 0.1) is 28.9 Å². The Morgan fingerprint density at radius 2 is 1.77 bits per heavy atom. The summed E-state index contributed by atoms with van der Waals surface area (Å²) in [6, 6.07) is 5.16. The summed E-state index contributed by atoms with van der Waals surface area (Å²) in [5.41, 5.74) is 1.53. The van der Waals surface area contributed by atoms with Crippen LogP contribution in [0.4, 0.5) is 15.4 Å². The third-order valence-electron chi connectivity index (χ3n) is 9.29. The van der Waals surface area contributed by atoms with Gasteiger partial charge < -0.3 is 38.6 Å². The molecule has 0 saturated carbocycles. The lowest BCUT2D eigenvalue weighted by Crippen LogP contribution is -2.49. The molecule has 3 aromatic rings. The zero-order valence-electron chi connectivity index (χ0n) is 32.0. The number of hydrogen-bond donors (Lipinski definition) is 2. The highest BCUT2D eigenvalue weighted by Crippen LogP contribution is 2.40.